The summed E-state index contributed by atoms with van der Waals surface area (Å²) in [6.45, 7) is 37.3. The Hall–Kier alpha value is 1.40. The van der Waals surface area contributed by atoms with Crippen LogP contribution in [0.5, 0.6) is 0 Å². The van der Waals surface area contributed by atoms with Crippen LogP contribution >= 0.6 is 0 Å². The van der Waals surface area contributed by atoms with Crippen molar-refractivity contribution in [1.29, 1.82) is 0 Å². The minimum absolute atomic E-state index is 0. The SMILES string of the molecule is CC.CC.CC(C)(C)[Si](C)(C)OCC1OC(OC2C(CO[Si](C)(C)C(C)(C)C)O[CH-]C(O)C2O)C(O)C(O)C1O.OCC1OC(OC2C(CO)O[CH-]C(O)C2O)C(O)C(O)C1O.[CH2-]c1ccccc1.[CH2-]c1ccccc1.[CH3-].[CH3-].[W].[W].[Y].[Y]. The zero-order valence-electron chi connectivity index (χ0n) is 51.2. The van der Waals surface area contributed by atoms with E-state index < -0.39 is 140 Å². The molecule has 4 aliphatic rings. The fourth-order valence-electron chi connectivity index (χ4n) is 6.75. The molecule has 2 aromatic rings. The van der Waals surface area contributed by atoms with Gasteiger partial charge in [0, 0.05) is 108 Å². The van der Waals surface area contributed by atoms with E-state index in [0.29, 0.717) is 0 Å². The Bertz CT molecular complexity index is 1800. The Balaban J connectivity index is -0.000000266. The van der Waals surface area contributed by atoms with Crippen LogP contribution in [0.1, 0.15) is 80.4 Å². The van der Waals surface area contributed by atoms with Crippen molar-refractivity contribution in [3.63, 3.8) is 0 Å². The van der Waals surface area contributed by atoms with Gasteiger partial charge in [0.2, 0.25) is 0 Å². The molecule has 0 spiro atoms. The first-order valence-electron chi connectivity index (χ1n) is 26.0. The Morgan fingerprint density at radius 3 is 1.06 bits per heavy atom. The van der Waals surface area contributed by atoms with Crippen LogP contribution in [0, 0.1) is 41.9 Å². The minimum atomic E-state index is -2.18. The molecule has 0 saturated carbocycles. The van der Waals surface area contributed by atoms with Crippen LogP contribution in [0.3, 0.4) is 0 Å². The van der Waals surface area contributed by atoms with Crippen molar-refractivity contribution in [3.8, 4) is 0 Å². The van der Waals surface area contributed by atoms with E-state index >= 15 is 0 Å². The number of hydrogen-bond acceptors (Lipinski definition) is 20. The van der Waals surface area contributed by atoms with Crippen LogP contribution in [-0.2, 0) is 145 Å². The number of aliphatic hydroxyl groups is 12. The molecule has 0 aliphatic carbocycles. The van der Waals surface area contributed by atoms with Gasteiger partial charge in [-0.2, -0.15) is 62.5 Å². The molecule has 2 aromatic carbocycles. The van der Waals surface area contributed by atoms with Crippen molar-refractivity contribution < 1.29 is 206 Å². The molecule has 82 heavy (non-hydrogen) atoms. The van der Waals surface area contributed by atoms with Crippen molar-refractivity contribution in [2.75, 3.05) is 26.4 Å². The number of ether oxygens (including phenoxy) is 6. The van der Waals surface area contributed by atoms with Crippen molar-refractivity contribution in [2.45, 2.75) is 216 Å². The van der Waals surface area contributed by atoms with Crippen molar-refractivity contribution >= 4 is 16.6 Å². The van der Waals surface area contributed by atoms with E-state index in [1.807, 2.05) is 88.4 Å². The Morgan fingerprint density at radius 2 is 0.756 bits per heavy atom. The monoisotopic (exact) mass is 1700 g/mol. The van der Waals surface area contributed by atoms with E-state index in [-0.39, 0.29) is 146 Å². The number of hydrogen-bond donors (Lipinski definition) is 12. The van der Waals surface area contributed by atoms with E-state index in [4.69, 9.17) is 42.4 Å². The third-order valence-corrected chi connectivity index (χ3v) is 22.7. The summed E-state index contributed by atoms with van der Waals surface area (Å²) < 4.78 is 45.3. The van der Waals surface area contributed by atoms with Gasteiger partial charge in [-0.3, -0.25) is 0 Å². The van der Waals surface area contributed by atoms with Crippen LogP contribution in [0.25, 0.3) is 0 Å². The van der Waals surface area contributed by atoms with Crippen molar-refractivity contribution in [1.82, 2.24) is 0 Å². The van der Waals surface area contributed by atoms with Gasteiger partial charge in [-0.1, -0.05) is 81.4 Å². The molecule has 4 fully saturated rings. The molecule has 478 valence electrons. The molecular weight excluding hydrogens is 1590 g/mol. The summed E-state index contributed by atoms with van der Waals surface area (Å²) in [5, 5.41) is 119. The maximum Gasteiger partial charge on any atom is 0.192 e. The van der Waals surface area contributed by atoms with Crippen LogP contribution in [0.4, 0.5) is 0 Å². The number of benzene rings is 2. The largest absolute Gasteiger partial charge is 0.544 e. The Morgan fingerprint density at radius 1 is 0.463 bits per heavy atom. The fraction of sp³-hybridized carbons (Fsp3) is 0.679. The van der Waals surface area contributed by atoms with Gasteiger partial charge in [-0.15, -0.1) is 24.3 Å². The molecule has 2 radical (unpaired) electrons. The molecule has 6 rings (SSSR count). The molecule has 26 heteroatoms. The fourth-order valence-corrected chi connectivity index (χ4v) is 8.78. The second kappa shape index (κ2) is 45.6. The second-order valence-electron chi connectivity index (χ2n) is 21.3. The zero-order valence-corrected chi connectivity index (χ0v) is 64.7. The summed E-state index contributed by atoms with van der Waals surface area (Å²) in [6, 6.07) is 19.7. The molecule has 4 saturated heterocycles. The molecule has 18 atom stereocenters. The number of aliphatic hydroxyl groups excluding tert-OH is 12. The maximum atomic E-state index is 10.7. The molecule has 0 aromatic heterocycles. The molecule has 20 nitrogen and oxygen atoms in total. The maximum absolute atomic E-state index is 10.7. The van der Waals surface area contributed by atoms with E-state index in [1.165, 1.54) is 0 Å². The summed E-state index contributed by atoms with van der Waals surface area (Å²) >= 11 is 0. The first-order chi connectivity index (χ1) is 35.4. The molecule has 12 N–H and O–H groups in total. The van der Waals surface area contributed by atoms with Gasteiger partial charge >= 0.3 is 0 Å². The molecule has 18 unspecified atom stereocenters. The van der Waals surface area contributed by atoms with Gasteiger partial charge in [0.1, 0.15) is 61.0 Å². The molecular formula is C56H102O20Si2W2Y2-6. The normalized spacial score (nSPS) is 31.4. The third-order valence-electron chi connectivity index (χ3n) is 13.7. The Kier molecular flexibility index (Phi) is 52.6. The minimum Gasteiger partial charge on any atom is -0.544 e. The first kappa shape index (κ1) is 94.5. The van der Waals surface area contributed by atoms with Crippen LogP contribution in [0.2, 0.25) is 36.3 Å². The predicted molar refractivity (Wildman–Crippen MR) is 303 cm³/mol. The van der Waals surface area contributed by atoms with E-state index in [9.17, 15) is 56.2 Å². The quantitative estimate of drug-likeness (QED) is 0.107. The van der Waals surface area contributed by atoms with E-state index in [1.54, 1.807) is 0 Å². The Labute approximate surface area is 573 Å². The summed E-state index contributed by atoms with van der Waals surface area (Å²) in [4.78, 5) is 0. The zero-order chi connectivity index (χ0) is 58.5. The standard InChI is InChI=1S/C24H49O10Si2.C12H21O10.2C7H7.2C2H6.2CH3.2W.2Y/c1-23(2,3)35(7,8)31-12-15-18(27)19(28)20(29)22(33-15)34-21-16(30-11-14(25)17(21)26)13-32-36(9,10)24(4,5)6;13-1-5-8(17)9(18)10(19)12(21-5)22-11-6(2-14)20-3-4(15)7(11)16;2*1-7-5-3-2-4-6-7;2*1-2;;;;;;/h11,14-22,25-29H,12-13H2,1-10H3;3-19H,1-2H2;2*2-6H,1H2;2*1-2H3;2*1H3;;;;/q4*-1;;;2*-1;;;;. The van der Waals surface area contributed by atoms with Gasteiger partial charge in [0.05, 0.1) is 50.8 Å². The van der Waals surface area contributed by atoms with Crippen LogP contribution in [-0.4, -0.2) is 215 Å². The van der Waals surface area contributed by atoms with Gasteiger partial charge in [0.15, 0.2) is 29.2 Å². The summed E-state index contributed by atoms with van der Waals surface area (Å²) in [5.41, 5.74) is 2.14. The van der Waals surface area contributed by atoms with E-state index in [0.717, 1.165) is 24.3 Å². The number of rotatable bonds is 12. The summed E-state index contributed by atoms with van der Waals surface area (Å²) in [5.74, 6) is 0. The predicted octanol–water partition coefficient (Wildman–Crippen LogP) is 3.63. The second-order valence-corrected chi connectivity index (χ2v) is 30.9. The van der Waals surface area contributed by atoms with Crippen LogP contribution < -0.4 is 0 Å². The molecule has 0 bridgehead atoms. The van der Waals surface area contributed by atoms with E-state index in [2.05, 4.69) is 81.6 Å². The van der Waals surface area contributed by atoms with Gasteiger partial charge in [-0.25, -0.2) is 0 Å². The third kappa shape index (κ3) is 29.6. The average Bonchev–Trinajstić information content (AvgIpc) is 3.37. The van der Waals surface area contributed by atoms with Gasteiger partial charge < -0.3 is 113 Å². The molecule has 4 heterocycles. The summed E-state index contributed by atoms with van der Waals surface area (Å²) in [7, 11) is -4.34. The molecule has 4 aliphatic heterocycles. The van der Waals surface area contributed by atoms with Gasteiger partial charge in [-0.05, 0) is 48.5 Å². The van der Waals surface area contributed by atoms with Crippen LogP contribution in [0.15, 0.2) is 60.7 Å². The van der Waals surface area contributed by atoms with Crippen molar-refractivity contribution in [2.24, 2.45) is 0 Å². The smallest absolute Gasteiger partial charge is 0.192 e. The summed E-state index contributed by atoms with van der Waals surface area (Å²) in [6.07, 6.45) is -24.2. The van der Waals surface area contributed by atoms with Gasteiger partial charge in [0.25, 0.3) is 0 Å². The topological polar surface area (TPSA) is 317 Å². The molecule has 0 amide bonds. The first-order valence-corrected chi connectivity index (χ1v) is 31.8. The van der Waals surface area contributed by atoms with Crippen molar-refractivity contribution in [3.05, 3.63) is 114 Å². The average molecular weight is 1700 g/mol.